The van der Waals surface area contributed by atoms with Crippen molar-refractivity contribution in [3.8, 4) is 5.75 Å². The third-order valence-electron chi connectivity index (χ3n) is 3.53. The van der Waals surface area contributed by atoms with E-state index in [1.807, 2.05) is 26.0 Å². The fraction of sp³-hybridized carbons (Fsp3) is 0.625. The van der Waals surface area contributed by atoms with E-state index in [4.69, 9.17) is 4.74 Å². The minimum absolute atomic E-state index is 0.257. The second kappa shape index (κ2) is 6.04. The van der Waals surface area contributed by atoms with Gasteiger partial charge in [0, 0.05) is 10.4 Å². The van der Waals surface area contributed by atoms with Gasteiger partial charge in [0.05, 0.1) is 17.8 Å². The molecule has 0 aliphatic carbocycles. The van der Waals surface area contributed by atoms with Crippen LogP contribution in [0, 0.1) is 19.8 Å². The minimum Gasteiger partial charge on any atom is -0.493 e. The van der Waals surface area contributed by atoms with Gasteiger partial charge in [-0.3, -0.25) is 0 Å². The molecule has 2 N–H and O–H groups in total. The van der Waals surface area contributed by atoms with E-state index < -0.39 is 11.2 Å². The minimum atomic E-state index is -1.02. The molecule has 0 aromatic heterocycles. The first-order valence-electron chi connectivity index (χ1n) is 6.77. The summed E-state index contributed by atoms with van der Waals surface area (Å²) < 4.78 is 6.87. The van der Waals surface area contributed by atoms with E-state index in [1.165, 1.54) is 0 Å². The Kier molecular flexibility index (Phi) is 5.28. The summed E-state index contributed by atoms with van der Waals surface area (Å²) in [6, 6.07) is 3.89. The van der Waals surface area contributed by atoms with Crippen molar-refractivity contribution < 1.29 is 14.9 Å². The molecule has 0 amide bonds. The van der Waals surface area contributed by atoms with Crippen molar-refractivity contribution >= 4 is 15.9 Å². The lowest BCUT2D eigenvalue weighted by Crippen LogP contribution is -2.48. The predicted molar refractivity (Wildman–Crippen MR) is 85.2 cm³/mol. The van der Waals surface area contributed by atoms with Crippen LogP contribution in [0.5, 0.6) is 5.75 Å². The van der Waals surface area contributed by atoms with Gasteiger partial charge in [0.25, 0.3) is 0 Å². The Bertz CT molecular complexity index is 433. The van der Waals surface area contributed by atoms with Crippen molar-refractivity contribution in [1.82, 2.24) is 0 Å². The lowest BCUT2D eigenvalue weighted by Gasteiger charge is -2.37. The monoisotopic (exact) mass is 344 g/mol. The molecule has 0 radical (unpaired) electrons. The van der Waals surface area contributed by atoms with Gasteiger partial charge >= 0.3 is 0 Å². The van der Waals surface area contributed by atoms with Crippen LogP contribution in [0.4, 0.5) is 0 Å². The van der Waals surface area contributed by atoms with E-state index in [-0.39, 0.29) is 12.5 Å². The molecule has 0 fully saturated rings. The van der Waals surface area contributed by atoms with E-state index in [0.717, 1.165) is 21.3 Å². The maximum atomic E-state index is 10.2. The van der Waals surface area contributed by atoms with Crippen molar-refractivity contribution in [3.05, 3.63) is 27.7 Å². The molecule has 0 atom stereocenters. The highest BCUT2D eigenvalue weighted by atomic mass is 79.9. The summed E-state index contributed by atoms with van der Waals surface area (Å²) in [5, 5.41) is 20.4. The van der Waals surface area contributed by atoms with Gasteiger partial charge in [0.15, 0.2) is 0 Å². The SMILES string of the molecule is Cc1cc(OCC(C(C)(C)O)C(C)(C)O)cc(C)c1Br. The van der Waals surface area contributed by atoms with Crippen LogP contribution in [0.15, 0.2) is 16.6 Å². The second-order valence-electron chi connectivity index (χ2n) is 6.54. The summed E-state index contributed by atoms with van der Waals surface area (Å²) in [4.78, 5) is 0. The third kappa shape index (κ3) is 4.47. The Hall–Kier alpha value is -0.580. The van der Waals surface area contributed by atoms with Crippen molar-refractivity contribution in [2.24, 2.45) is 5.92 Å². The van der Waals surface area contributed by atoms with Crippen LogP contribution in [-0.4, -0.2) is 28.0 Å². The third-order valence-corrected chi connectivity index (χ3v) is 4.78. The Balaban J connectivity index is 2.89. The predicted octanol–water partition coefficient (Wildman–Crippen LogP) is 3.60. The van der Waals surface area contributed by atoms with Gasteiger partial charge in [-0.05, 0) is 64.8 Å². The van der Waals surface area contributed by atoms with Crippen LogP contribution in [0.25, 0.3) is 0 Å². The first-order chi connectivity index (χ1) is 8.93. The fourth-order valence-corrected chi connectivity index (χ4v) is 2.67. The summed E-state index contributed by atoms with van der Waals surface area (Å²) in [7, 11) is 0. The zero-order chi connectivity index (χ0) is 15.7. The summed E-state index contributed by atoms with van der Waals surface area (Å²) in [5.74, 6) is 0.362. The quantitative estimate of drug-likeness (QED) is 0.857. The molecule has 0 saturated carbocycles. The summed E-state index contributed by atoms with van der Waals surface area (Å²) in [6.45, 7) is 11.0. The van der Waals surface area contributed by atoms with Crippen LogP contribution in [0.2, 0.25) is 0 Å². The topological polar surface area (TPSA) is 49.7 Å². The van der Waals surface area contributed by atoms with Gasteiger partial charge < -0.3 is 14.9 Å². The standard InChI is InChI=1S/C16H25BrO3/c1-10-7-12(8-11(2)14(10)17)20-9-13(15(3,4)18)16(5,6)19/h7-8,13,18-19H,9H2,1-6H3. The lowest BCUT2D eigenvalue weighted by atomic mass is 9.79. The highest BCUT2D eigenvalue weighted by Crippen LogP contribution is 2.31. The van der Waals surface area contributed by atoms with E-state index in [1.54, 1.807) is 27.7 Å². The largest absolute Gasteiger partial charge is 0.493 e. The van der Waals surface area contributed by atoms with Crippen LogP contribution >= 0.6 is 15.9 Å². The molecular weight excluding hydrogens is 320 g/mol. The Morgan fingerprint density at radius 1 is 1.05 bits per heavy atom. The highest BCUT2D eigenvalue weighted by Gasteiger charge is 2.39. The number of aryl methyl sites for hydroxylation is 2. The molecule has 0 aliphatic rings. The highest BCUT2D eigenvalue weighted by molar-refractivity contribution is 9.10. The van der Waals surface area contributed by atoms with Gasteiger partial charge in [0.2, 0.25) is 0 Å². The maximum Gasteiger partial charge on any atom is 0.119 e. The molecule has 0 aliphatic heterocycles. The number of hydrogen-bond acceptors (Lipinski definition) is 3. The van der Waals surface area contributed by atoms with Crippen molar-refractivity contribution in [2.75, 3.05) is 6.61 Å². The number of ether oxygens (including phenoxy) is 1. The molecule has 1 rings (SSSR count). The summed E-state index contributed by atoms with van der Waals surface area (Å²) in [6.07, 6.45) is 0. The molecule has 1 aromatic carbocycles. The van der Waals surface area contributed by atoms with E-state index in [0.29, 0.717) is 0 Å². The smallest absolute Gasteiger partial charge is 0.119 e. The number of rotatable bonds is 5. The van der Waals surface area contributed by atoms with Crippen molar-refractivity contribution in [1.29, 1.82) is 0 Å². The van der Waals surface area contributed by atoms with Crippen LogP contribution in [0.1, 0.15) is 38.8 Å². The number of benzene rings is 1. The summed E-state index contributed by atoms with van der Waals surface area (Å²) in [5.41, 5.74) is 0.168. The van der Waals surface area contributed by atoms with Crippen LogP contribution in [-0.2, 0) is 0 Å². The second-order valence-corrected chi connectivity index (χ2v) is 7.33. The van der Waals surface area contributed by atoms with Crippen molar-refractivity contribution in [3.63, 3.8) is 0 Å². The van der Waals surface area contributed by atoms with E-state index >= 15 is 0 Å². The van der Waals surface area contributed by atoms with Gasteiger partial charge in [-0.15, -0.1) is 0 Å². The molecule has 20 heavy (non-hydrogen) atoms. The molecule has 0 bridgehead atoms. The first-order valence-corrected chi connectivity index (χ1v) is 7.56. The van der Waals surface area contributed by atoms with Gasteiger partial charge in [0.1, 0.15) is 5.75 Å². The van der Waals surface area contributed by atoms with Crippen LogP contribution < -0.4 is 4.74 Å². The maximum absolute atomic E-state index is 10.2. The lowest BCUT2D eigenvalue weighted by molar-refractivity contribution is -0.105. The van der Waals surface area contributed by atoms with E-state index in [2.05, 4.69) is 15.9 Å². The number of aliphatic hydroxyl groups is 2. The average Bonchev–Trinajstić information content (AvgIpc) is 2.22. The molecule has 0 heterocycles. The molecule has 114 valence electrons. The Morgan fingerprint density at radius 2 is 1.45 bits per heavy atom. The van der Waals surface area contributed by atoms with Gasteiger partial charge in [-0.1, -0.05) is 15.9 Å². The first kappa shape index (κ1) is 17.5. The summed E-state index contributed by atoms with van der Waals surface area (Å²) >= 11 is 3.52. The van der Waals surface area contributed by atoms with Crippen molar-refractivity contribution in [2.45, 2.75) is 52.7 Å². The molecule has 3 nitrogen and oxygen atoms in total. The van der Waals surface area contributed by atoms with Gasteiger partial charge in [-0.25, -0.2) is 0 Å². The Labute approximate surface area is 130 Å². The molecule has 0 spiro atoms. The molecular formula is C16H25BrO3. The molecule has 0 unspecified atom stereocenters. The van der Waals surface area contributed by atoms with Crippen LogP contribution in [0.3, 0.4) is 0 Å². The molecule has 0 saturated heterocycles. The zero-order valence-electron chi connectivity index (χ0n) is 13.1. The van der Waals surface area contributed by atoms with Gasteiger partial charge in [-0.2, -0.15) is 0 Å². The van der Waals surface area contributed by atoms with E-state index in [9.17, 15) is 10.2 Å². The fourth-order valence-electron chi connectivity index (χ4n) is 2.44. The molecule has 1 aromatic rings. The zero-order valence-corrected chi connectivity index (χ0v) is 14.7. The normalized spacial score (nSPS) is 12.9. The molecule has 4 heteroatoms. The average molecular weight is 345 g/mol. The Morgan fingerprint density at radius 3 is 1.80 bits per heavy atom. The number of hydrogen-bond donors (Lipinski definition) is 2. The number of halogens is 1.